The van der Waals surface area contributed by atoms with Crippen molar-refractivity contribution < 1.29 is 18.4 Å². The van der Waals surface area contributed by atoms with E-state index < -0.39 is 20.5 Å². The summed E-state index contributed by atoms with van der Waals surface area (Å²) in [6, 6.07) is 0. The standard InChI is InChI=1S/C6H13NO4Si/c1-5(8)10-12(3,4-7)11-6(2)9/h4,7H2,1-3H3. The summed E-state index contributed by atoms with van der Waals surface area (Å²) in [6.07, 6.45) is 0.0756. The van der Waals surface area contributed by atoms with Crippen LogP contribution in [0.25, 0.3) is 0 Å². The zero-order chi connectivity index (χ0) is 9.78. The molecule has 0 saturated carbocycles. The van der Waals surface area contributed by atoms with Crippen LogP contribution in [0.5, 0.6) is 0 Å². The minimum Gasteiger partial charge on any atom is -0.484 e. The van der Waals surface area contributed by atoms with Crippen molar-refractivity contribution in [1.29, 1.82) is 0 Å². The summed E-state index contributed by atoms with van der Waals surface area (Å²) in [5, 5.41) is 0. The molecule has 0 aromatic rings. The van der Waals surface area contributed by atoms with Gasteiger partial charge in [0, 0.05) is 20.4 Å². The molecular formula is C6H13NO4Si. The van der Waals surface area contributed by atoms with E-state index in [1.54, 1.807) is 6.55 Å². The maximum Gasteiger partial charge on any atom is 0.475 e. The Hall–Kier alpha value is -0.883. The van der Waals surface area contributed by atoms with E-state index in [2.05, 4.69) is 0 Å². The molecule has 12 heavy (non-hydrogen) atoms. The molecule has 0 atom stereocenters. The first-order chi connectivity index (χ1) is 5.39. The van der Waals surface area contributed by atoms with Gasteiger partial charge in [0.05, 0.1) is 6.17 Å². The Kier molecular flexibility index (Phi) is 3.91. The summed E-state index contributed by atoms with van der Waals surface area (Å²) in [5.41, 5.74) is 5.31. The lowest BCUT2D eigenvalue weighted by molar-refractivity contribution is -0.138. The third-order valence-corrected chi connectivity index (χ3v) is 3.27. The Morgan fingerprint density at radius 3 is 1.75 bits per heavy atom. The summed E-state index contributed by atoms with van der Waals surface area (Å²) in [5.74, 6) is -0.952. The lowest BCUT2D eigenvalue weighted by Crippen LogP contribution is -2.49. The smallest absolute Gasteiger partial charge is 0.475 e. The number of rotatable bonds is 3. The third kappa shape index (κ3) is 4.09. The van der Waals surface area contributed by atoms with Crippen molar-refractivity contribution >= 4 is 20.5 Å². The molecule has 0 fully saturated rings. The Morgan fingerprint density at radius 2 is 1.58 bits per heavy atom. The second-order valence-corrected chi connectivity index (χ2v) is 5.61. The largest absolute Gasteiger partial charge is 0.484 e. The highest BCUT2D eigenvalue weighted by Gasteiger charge is 2.36. The maximum absolute atomic E-state index is 10.6. The Bertz CT molecular complexity index is 178. The van der Waals surface area contributed by atoms with Crippen LogP contribution in [0.15, 0.2) is 0 Å². The van der Waals surface area contributed by atoms with Crippen molar-refractivity contribution in [3.05, 3.63) is 0 Å². The number of carbonyl (C=O) groups excluding carboxylic acids is 2. The van der Waals surface area contributed by atoms with E-state index in [9.17, 15) is 9.59 Å². The second kappa shape index (κ2) is 4.22. The van der Waals surface area contributed by atoms with Crippen LogP contribution in [0.4, 0.5) is 0 Å². The molecule has 5 nitrogen and oxygen atoms in total. The van der Waals surface area contributed by atoms with Gasteiger partial charge in [-0.15, -0.1) is 0 Å². The molecule has 2 N–H and O–H groups in total. The fourth-order valence-electron chi connectivity index (χ4n) is 0.712. The molecule has 0 aromatic carbocycles. The van der Waals surface area contributed by atoms with Crippen LogP contribution in [0, 0.1) is 0 Å². The van der Waals surface area contributed by atoms with Crippen LogP contribution < -0.4 is 5.73 Å². The highest BCUT2D eigenvalue weighted by Crippen LogP contribution is 2.05. The molecule has 70 valence electrons. The van der Waals surface area contributed by atoms with Crippen LogP contribution in [0.2, 0.25) is 6.55 Å². The van der Waals surface area contributed by atoms with Crippen molar-refractivity contribution in [1.82, 2.24) is 0 Å². The molecule has 0 unspecified atom stereocenters. The zero-order valence-electron chi connectivity index (χ0n) is 7.42. The molecule has 0 amide bonds. The van der Waals surface area contributed by atoms with Gasteiger partial charge in [-0.25, -0.2) is 0 Å². The molecule has 0 bridgehead atoms. The first kappa shape index (κ1) is 11.1. The summed E-state index contributed by atoms with van der Waals surface area (Å²) in [6.45, 7) is 4.07. The molecular weight excluding hydrogens is 178 g/mol. The number of nitrogens with two attached hydrogens (primary N) is 1. The topological polar surface area (TPSA) is 78.6 Å². The summed E-state index contributed by atoms with van der Waals surface area (Å²) >= 11 is 0. The van der Waals surface area contributed by atoms with E-state index in [4.69, 9.17) is 14.6 Å². The monoisotopic (exact) mass is 191 g/mol. The van der Waals surface area contributed by atoms with Gasteiger partial charge >= 0.3 is 8.56 Å². The fourth-order valence-corrected chi connectivity index (χ4v) is 2.14. The van der Waals surface area contributed by atoms with E-state index in [1.165, 1.54) is 13.8 Å². The van der Waals surface area contributed by atoms with Crippen LogP contribution in [0.3, 0.4) is 0 Å². The predicted molar refractivity (Wildman–Crippen MR) is 44.2 cm³/mol. The molecule has 0 aliphatic heterocycles. The van der Waals surface area contributed by atoms with Crippen molar-refractivity contribution in [3.8, 4) is 0 Å². The quantitative estimate of drug-likeness (QED) is 0.619. The van der Waals surface area contributed by atoms with Crippen molar-refractivity contribution in [3.63, 3.8) is 0 Å². The first-order valence-corrected chi connectivity index (χ1v) is 6.01. The van der Waals surface area contributed by atoms with Crippen LogP contribution in [-0.4, -0.2) is 26.7 Å². The van der Waals surface area contributed by atoms with Gasteiger partial charge in [-0.2, -0.15) is 0 Å². The molecule has 6 heteroatoms. The Balaban J connectivity index is 4.23. The van der Waals surface area contributed by atoms with E-state index in [1.807, 2.05) is 0 Å². The van der Waals surface area contributed by atoms with Gasteiger partial charge in [0.2, 0.25) is 0 Å². The van der Waals surface area contributed by atoms with E-state index in [-0.39, 0.29) is 6.17 Å². The Labute approximate surface area is 72.1 Å². The van der Waals surface area contributed by atoms with E-state index in [0.29, 0.717) is 0 Å². The highest BCUT2D eigenvalue weighted by molar-refractivity contribution is 6.69. The van der Waals surface area contributed by atoms with Crippen LogP contribution in [0.1, 0.15) is 13.8 Å². The highest BCUT2D eigenvalue weighted by atomic mass is 28.4. The van der Waals surface area contributed by atoms with Gasteiger partial charge in [-0.05, 0) is 0 Å². The molecule has 0 aliphatic carbocycles. The molecule has 0 heterocycles. The maximum atomic E-state index is 10.6. The fraction of sp³-hybridized carbons (Fsp3) is 0.667. The summed E-state index contributed by atoms with van der Waals surface area (Å²) < 4.78 is 9.66. The minimum absolute atomic E-state index is 0.0756. The van der Waals surface area contributed by atoms with Crippen molar-refractivity contribution in [2.45, 2.75) is 20.4 Å². The van der Waals surface area contributed by atoms with Gasteiger partial charge in [-0.1, -0.05) is 0 Å². The van der Waals surface area contributed by atoms with E-state index in [0.717, 1.165) is 0 Å². The van der Waals surface area contributed by atoms with Gasteiger partial charge in [0.15, 0.2) is 0 Å². The predicted octanol–water partition coefficient (Wildman–Crippen LogP) is -0.318. The second-order valence-electron chi connectivity index (χ2n) is 2.53. The molecule has 0 radical (unpaired) electrons. The molecule has 0 rings (SSSR count). The van der Waals surface area contributed by atoms with Gasteiger partial charge in [-0.3, -0.25) is 9.59 Å². The zero-order valence-corrected chi connectivity index (χ0v) is 8.42. The van der Waals surface area contributed by atoms with Crippen LogP contribution in [-0.2, 0) is 18.4 Å². The number of hydrogen-bond acceptors (Lipinski definition) is 5. The van der Waals surface area contributed by atoms with Gasteiger partial charge in [0.25, 0.3) is 11.9 Å². The lowest BCUT2D eigenvalue weighted by atomic mass is 10.9. The molecule has 0 spiro atoms. The summed E-state index contributed by atoms with van der Waals surface area (Å²) in [7, 11) is -2.77. The van der Waals surface area contributed by atoms with Crippen molar-refractivity contribution in [2.24, 2.45) is 5.73 Å². The minimum atomic E-state index is -2.77. The molecule has 0 saturated heterocycles. The number of carbonyl (C=O) groups is 2. The average molecular weight is 191 g/mol. The third-order valence-electron chi connectivity index (χ3n) is 1.09. The Morgan fingerprint density at radius 1 is 1.25 bits per heavy atom. The number of hydrogen-bond donors (Lipinski definition) is 1. The summed E-state index contributed by atoms with van der Waals surface area (Å²) in [4.78, 5) is 21.1. The van der Waals surface area contributed by atoms with Crippen LogP contribution >= 0.6 is 0 Å². The SMILES string of the molecule is CC(=O)O[Si](C)(CN)OC(C)=O. The molecule has 0 aliphatic rings. The van der Waals surface area contributed by atoms with E-state index >= 15 is 0 Å². The van der Waals surface area contributed by atoms with Gasteiger partial charge < -0.3 is 14.6 Å². The van der Waals surface area contributed by atoms with Crippen molar-refractivity contribution in [2.75, 3.05) is 6.17 Å². The lowest BCUT2D eigenvalue weighted by Gasteiger charge is -2.22. The normalized spacial score (nSPS) is 10.7. The van der Waals surface area contributed by atoms with Gasteiger partial charge in [0.1, 0.15) is 0 Å². The first-order valence-electron chi connectivity index (χ1n) is 3.49. The average Bonchev–Trinajstić information content (AvgIpc) is 1.83. The molecule has 0 aromatic heterocycles.